The summed E-state index contributed by atoms with van der Waals surface area (Å²) < 4.78 is 0. The van der Waals surface area contributed by atoms with Gasteiger partial charge >= 0.3 is 0 Å². The zero-order valence-electron chi connectivity index (χ0n) is 16.7. The van der Waals surface area contributed by atoms with Crippen LogP contribution in [0.25, 0.3) is 0 Å². The summed E-state index contributed by atoms with van der Waals surface area (Å²) in [4.78, 5) is 40.9. The molecule has 0 saturated carbocycles. The first kappa shape index (κ1) is 18.8. The standard InChI is InChI=1S/C22H28N4O3/c27-20-5-4-19(21(28)24-20)26-13-18-16(2-1-3-17(18)22(26)29)12-25-9-7-15(11-25)14-6-8-23-10-14/h1-3,14-15,19,23H,4-13H2,(H,24,27,28). The second kappa shape index (κ2) is 7.54. The van der Waals surface area contributed by atoms with Crippen molar-refractivity contribution in [2.75, 3.05) is 26.2 Å². The summed E-state index contributed by atoms with van der Waals surface area (Å²) in [6.45, 7) is 5.84. The highest BCUT2D eigenvalue weighted by molar-refractivity contribution is 6.05. The first-order chi connectivity index (χ1) is 14.1. The molecule has 29 heavy (non-hydrogen) atoms. The molecule has 1 aromatic carbocycles. The van der Waals surface area contributed by atoms with Crippen molar-refractivity contribution < 1.29 is 14.4 Å². The number of imide groups is 1. The number of fused-ring (bicyclic) bond motifs is 1. The van der Waals surface area contributed by atoms with E-state index < -0.39 is 6.04 Å². The van der Waals surface area contributed by atoms with E-state index in [1.54, 1.807) is 4.90 Å². The van der Waals surface area contributed by atoms with Crippen LogP contribution in [0.3, 0.4) is 0 Å². The van der Waals surface area contributed by atoms with Gasteiger partial charge in [0.05, 0.1) is 0 Å². The molecule has 154 valence electrons. The summed E-state index contributed by atoms with van der Waals surface area (Å²) in [5.41, 5.74) is 2.95. The maximum atomic E-state index is 13.0. The monoisotopic (exact) mass is 396 g/mol. The topological polar surface area (TPSA) is 81.8 Å². The molecule has 4 heterocycles. The largest absolute Gasteiger partial charge is 0.322 e. The van der Waals surface area contributed by atoms with E-state index in [1.807, 2.05) is 12.1 Å². The van der Waals surface area contributed by atoms with Gasteiger partial charge in [0.25, 0.3) is 5.91 Å². The highest BCUT2D eigenvalue weighted by Crippen LogP contribution is 2.33. The summed E-state index contributed by atoms with van der Waals surface area (Å²) in [6.07, 6.45) is 3.23. The highest BCUT2D eigenvalue weighted by Gasteiger charge is 2.40. The Labute approximate surface area is 170 Å². The number of carbonyl (C=O) groups is 3. The zero-order valence-corrected chi connectivity index (χ0v) is 16.7. The number of hydrogen-bond acceptors (Lipinski definition) is 5. The third kappa shape index (κ3) is 3.46. The SMILES string of the molecule is O=C1CCC(N2Cc3c(CN4CCC(C5CCNC5)C4)cccc3C2=O)C(=O)N1. The molecule has 5 rings (SSSR count). The van der Waals surface area contributed by atoms with Crippen molar-refractivity contribution in [3.05, 3.63) is 34.9 Å². The first-order valence-electron chi connectivity index (χ1n) is 10.8. The Morgan fingerprint density at radius 1 is 1.07 bits per heavy atom. The van der Waals surface area contributed by atoms with Gasteiger partial charge in [-0.2, -0.15) is 0 Å². The van der Waals surface area contributed by atoms with Crippen LogP contribution in [-0.2, 0) is 22.7 Å². The number of piperidine rings is 1. The molecular weight excluding hydrogens is 368 g/mol. The molecule has 0 radical (unpaired) electrons. The van der Waals surface area contributed by atoms with Crippen LogP contribution in [0.2, 0.25) is 0 Å². The van der Waals surface area contributed by atoms with Crippen molar-refractivity contribution in [3.63, 3.8) is 0 Å². The predicted octanol–water partition coefficient (Wildman–Crippen LogP) is 0.879. The van der Waals surface area contributed by atoms with Crippen LogP contribution in [0.1, 0.15) is 47.2 Å². The number of rotatable bonds is 4. The summed E-state index contributed by atoms with van der Waals surface area (Å²) in [5, 5.41) is 5.85. The van der Waals surface area contributed by atoms with E-state index in [9.17, 15) is 14.4 Å². The highest BCUT2D eigenvalue weighted by atomic mass is 16.2. The smallest absolute Gasteiger partial charge is 0.255 e. The lowest BCUT2D eigenvalue weighted by molar-refractivity contribution is -0.136. The molecule has 3 unspecified atom stereocenters. The Balaban J connectivity index is 1.29. The number of benzene rings is 1. The molecule has 2 N–H and O–H groups in total. The van der Waals surface area contributed by atoms with E-state index in [1.165, 1.54) is 18.4 Å². The van der Waals surface area contributed by atoms with Gasteiger partial charge in [-0.3, -0.25) is 24.6 Å². The predicted molar refractivity (Wildman–Crippen MR) is 107 cm³/mol. The Hall–Kier alpha value is -2.25. The molecule has 0 aliphatic carbocycles. The molecule has 3 amide bonds. The van der Waals surface area contributed by atoms with Crippen molar-refractivity contribution in [3.8, 4) is 0 Å². The third-order valence-electron chi connectivity index (χ3n) is 7.15. The van der Waals surface area contributed by atoms with Crippen molar-refractivity contribution in [1.29, 1.82) is 0 Å². The van der Waals surface area contributed by atoms with Crippen molar-refractivity contribution >= 4 is 17.7 Å². The molecule has 3 fully saturated rings. The molecule has 4 aliphatic heterocycles. The minimum Gasteiger partial charge on any atom is -0.322 e. The molecule has 7 nitrogen and oxygen atoms in total. The fourth-order valence-corrected chi connectivity index (χ4v) is 5.51. The van der Waals surface area contributed by atoms with Gasteiger partial charge in [0.1, 0.15) is 6.04 Å². The fraction of sp³-hybridized carbons (Fsp3) is 0.591. The van der Waals surface area contributed by atoms with Crippen LogP contribution < -0.4 is 10.6 Å². The third-order valence-corrected chi connectivity index (χ3v) is 7.15. The van der Waals surface area contributed by atoms with E-state index in [-0.39, 0.29) is 24.1 Å². The van der Waals surface area contributed by atoms with Gasteiger partial charge < -0.3 is 10.2 Å². The van der Waals surface area contributed by atoms with E-state index in [0.717, 1.165) is 50.1 Å². The van der Waals surface area contributed by atoms with Gasteiger partial charge in [-0.1, -0.05) is 12.1 Å². The van der Waals surface area contributed by atoms with Crippen LogP contribution in [-0.4, -0.2) is 59.7 Å². The van der Waals surface area contributed by atoms with Gasteiger partial charge in [0.2, 0.25) is 11.8 Å². The Bertz CT molecular complexity index is 848. The quantitative estimate of drug-likeness (QED) is 0.739. The average Bonchev–Trinajstić information content (AvgIpc) is 3.43. The number of likely N-dealkylation sites (tertiary alicyclic amines) is 1. The minimum absolute atomic E-state index is 0.0901. The zero-order chi connectivity index (χ0) is 20.0. The summed E-state index contributed by atoms with van der Waals surface area (Å²) >= 11 is 0. The van der Waals surface area contributed by atoms with Crippen LogP contribution >= 0.6 is 0 Å². The summed E-state index contributed by atoms with van der Waals surface area (Å²) in [7, 11) is 0. The van der Waals surface area contributed by atoms with E-state index in [0.29, 0.717) is 18.5 Å². The lowest BCUT2D eigenvalue weighted by Gasteiger charge is -2.29. The van der Waals surface area contributed by atoms with Gasteiger partial charge in [-0.05, 0) is 67.9 Å². The van der Waals surface area contributed by atoms with Gasteiger partial charge in [0.15, 0.2) is 0 Å². The molecule has 0 bridgehead atoms. The molecule has 0 spiro atoms. The lowest BCUT2D eigenvalue weighted by Crippen LogP contribution is -2.52. The number of amides is 3. The molecule has 0 aromatic heterocycles. The van der Waals surface area contributed by atoms with Crippen molar-refractivity contribution in [1.82, 2.24) is 20.4 Å². The molecule has 3 atom stereocenters. The molecule has 7 heteroatoms. The normalized spacial score (nSPS) is 30.1. The van der Waals surface area contributed by atoms with Crippen LogP contribution in [0, 0.1) is 11.8 Å². The maximum absolute atomic E-state index is 13.0. The Kier molecular flexibility index (Phi) is 4.87. The van der Waals surface area contributed by atoms with Crippen LogP contribution in [0.5, 0.6) is 0 Å². The van der Waals surface area contributed by atoms with Crippen LogP contribution in [0.15, 0.2) is 18.2 Å². The van der Waals surface area contributed by atoms with E-state index in [2.05, 4.69) is 21.6 Å². The second-order valence-electron chi connectivity index (χ2n) is 8.88. The summed E-state index contributed by atoms with van der Waals surface area (Å²) in [6, 6.07) is 5.38. The number of nitrogens with one attached hydrogen (secondary N) is 2. The van der Waals surface area contributed by atoms with Gasteiger partial charge in [0, 0.05) is 31.6 Å². The first-order valence-corrected chi connectivity index (χ1v) is 10.8. The van der Waals surface area contributed by atoms with Gasteiger partial charge in [-0.15, -0.1) is 0 Å². The Morgan fingerprint density at radius 3 is 2.76 bits per heavy atom. The molecular formula is C22H28N4O3. The number of hydrogen-bond donors (Lipinski definition) is 2. The second-order valence-corrected chi connectivity index (χ2v) is 8.88. The van der Waals surface area contributed by atoms with Gasteiger partial charge in [-0.25, -0.2) is 0 Å². The van der Waals surface area contributed by atoms with Crippen molar-refractivity contribution in [2.24, 2.45) is 11.8 Å². The van der Waals surface area contributed by atoms with E-state index in [4.69, 9.17) is 0 Å². The number of nitrogens with zero attached hydrogens (tertiary/aromatic N) is 2. The average molecular weight is 396 g/mol. The van der Waals surface area contributed by atoms with Crippen LogP contribution in [0.4, 0.5) is 0 Å². The lowest BCUT2D eigenvalue weighted by atomic mass is 9.91. The fourth-order valence-electron chi connectivity index (χ4n) is 5.51. The Morgan fingerprint density at radius 2 is 1.97 bits per heavy atom. The summed E-state index contributed by atoms with van der Waals surface area (Å²) in [5.74, 6) is 0.871. The molecule has 1 aromatic rings. The molecule has 3 saturated heterocycles. The molecule has 4 aliphatic rings. The number of carbonyl (C=O) groups excluding carboxylic acids is 3. The van der Waals surface area contributed by atoms with Crippen molar-refractivity contribution in [2.45, 2.75) is 44.8 Å². The minimum atomic E-state index is -0.550. The maximum Gasteiger partial charge on any atom is 0.255 e. The van der Waals surface area contributed by atoms with E-state index >= 15 is 0 Å².